The van der Waals surface area contributed by atoms with Crippen molar-refractivity contribution >= 4 is 6.09 Å². The fraction of sp³-hybridized carbons (Fsp3) is 0.235. The predicted molar refractivity (Wildman–Crippen MR) is 80.2 cm³/mol. The van der Waals surface area contributed by atoms with Crippen molar-refractivity contribution in [3.05, 3.63) is 53.3 Å². The van der Waals surface area contributed by atoms with Crippen LogP contribution in [0.1, 0.15) is 11.1 Å². The molecule has 0 saturated heterocycles. The molecule has 1 unspecified atom stereocenters. The molecule has 0 fully saturated rings. The molecule has 3 rings (SSSR count). The predicted octanol–water partition coefficient (Wildman–Crippen LogP) is 3.42. The van der Waals surface area contributed by atoms with Crippen LogP contribution in [0, 0.1) is 12.7 Å². The Hall–Kier alpha value is -2.56. The molecule has 0 saturated carbocycles. The summed E-state index contributed by atoms with van der Waals surface area (Å²) in [4.78, 5) is 11.3. The zero-order chi connectivity index (χ0) is 15.7. The van der Waals surface area contributed by atoms with E-state index in [4.69, 9.17) is 9.47 Å². The highest BCUT2D eigenvalue weighted by atomic mass is 19.1. The Labute approximate surface area is 127 Å². The lowest BCUT2D eigenvalue weighted by Gasteiger charge is -2.14. The van der Waals surface area contributed by atoms with Crippen LogP contribution in [0.2, 0.25) is 0 Å². The molecule has 0 aromatic heterocycles. The van der Waals surface area contributed by atoms with E-state index in [1.807, 2.05) is 31.2 Å². The van der Waals surface area contributed by atoms with Gasteiger partial charge in [0.05, 0.1) is 6.42 Å². The SMILES string of the molecule is CNC(=O)OC1Cc2cc(F)cc(-c3ccccc3C)c2O1. The zero-order valence-corrected chi connectivity index (χ0v) is 12.4. The number of benzene rings is 2. The Morgan fingerprint density at radius 3 is 2.82 bits per heavy atom. The number of hydrogen-bond donors (Lipinski definition) is 1. The van der Waals surface area contributed by atoms with Gasteiger partial charge in [0.15, 0.2) is 0 Å². The van der Waals surface area contributed by atoms with Crippen molar-refractivity contribution in [1.29, 1.82) is 0 Å². The zero-order valence-electron chi connectivity index (χ0n) is 12.4. The number of fused-ring (bicyclic) bond motifs is 1. The first kappa shape index (κ1) is 14.4. The first-order valence-corrected chi connectivity index (χ1v) is 7.02. The fourth-order valence-electron chi connectivity index (χ4n) is 2.61. The van der Waals surface area contributed by atoms with Gasteiger partial charge in [0.25, 0.3) is 0 Å². The summed E-state index contributed by atoms with van der Waals surface area (Å²) in [6.07, 6.45) is -0.977. The molecule has 1 aliphatic rings. The third-order valence-corrected chi connectivity index (χ3v) is 3.64. The second-order valence-electron chi connectivity index (χ2n) is 5.16. The van der Waals surface area contributed by atoms with Crippen LogP contribution in [-0.4, -0.2) is 19.4 Å². The van der Waals surface area contributed by atoms with E-state index in [2.05, 4.69) is 5.32 Å². The van der Waals surface area contributed by atoms with Gasteiger partial charge in [0.2, 0.25) is 6.29 Å². The van der Waals surface area contributed by atoms with Gasteiger partial charge < -0.3 is 14.8 Å². The lowest BCUT2D eigenvalue weighted by atomic mass is 9.97. The number of ether oxygens (including phenoxy) is 2. The number of carbonyl (C=O) groups excluding carboxylic acids is 1. The number of amides is 1. The molecule has 0 aliphatic carbocycles. The lowest BCUT2D eigenvalue weighted by Crippen LogP contribution is -2.28. The van der Waals surface area contributed by atoms with Crippen molar-refractivity contribution in [2.75, 3.05) is 7.05 Å². The Morgan fingerprint density at radius 1 is 1.32 bits per heavy atom. The van der Waals surface area contributed by atoms with E-state index in [0.717, 1.165) is 11.1 Å². The second kappa shape index (κ2) is 5.67. The number of carbonyl (C=O) groups is 1. The summed E-state index contributed by atoms with van der Waals surface area (Å²) >= 11 is 0. The number of alkyl carbamates (subject to hydrolysis) is 1. The van der Waals surface area contributed by atoms with Crippen molar-refractivity contribution in [1.82, 2.24) is 5.32 Å². The van der Waals surface area contributed by atoms with Crippen LogP contribution >= 0.6 is 0 Å². The minimum absolute atomic E-state index is 0.332. The molecule has 0 bridgehead atoms. The molecule has 4 nitrogen and oxygen atoms in total. The van der Waals surface area contributed by atoms with Gasteiger partial charge >= 0.3 is 6.09 Å². The van der Waals surface area contributed by atoms with Crippen LogP contribution in [0.3, 0.4) is 0 Å². The first-order chi connectivity index (χ1) is 10.6. The van der Waals surface area contributed by atoms with Crippen LogP contribution in [0.5, 0.6) is 5.75 Å². The first-order valence-electron chi connectivity index (χ1n) is 7.02. The third-order valence-electron chi connectivity index (χ3n) is 3.64. The highest BCUT2D eigenvalue weighted by Gasteiger charge is 2.29. The Kier molecular flexibility index (Phi) is 3.71. The van der Waals surface area contributed by atoms with Crippen molar-refractivity contribution in [3.8, 4) is 16.9 Å². The van der Waals surface area contributed by atoms with Gasteiger partial charge in [-0.25, -0.2) is 9.18 Å². The van der Waals surface area contributed by atoms with Gasteiger partial charge in [0.1, 0.15) is 11.6 Å². The van der Waals surface area contributed by atoms with E-state index < -0.39 is 12.4 Å². The van der Waals surface area contributed by atoms with E-state index in [1.54, 1.807) is 0 Å². The summed E-state index contributed by atoms with van der Waals surface area (Å²) in [7, 11) is 1.48. The molecule has 1 atom stereocenters. The third kappa shape index (κ3) is 2.62. The monoisotopic (exact) mass is 301 g/mol. The molecule has 1 N–H and O–H groups in total. The molecule has 0 radical (unpaired) electrons. The number of aryl methyl sites for hydroxylation is 1. The van der Waals surface area contributed by atoms with Gasteiger partial charge in [-0.3, -0.25) is 0 Å². The lowest BCUT2D eigenvalue weighted by molar-refractivity contribution is -0.0153. The van der Waals surface area contributed by atoms with E-state index in [0.29, 0.717) is 23.3 Å². The second-order valence-corrected chi connectivity index (χ2v) is 5.16. The van der Waals surface area contributed by atoms with Crippen LogP contribution in [0.25, 0.3) is 11.1 Å². The number of rotatable bonds is 2. The van der Waals surface area contributed by atoms with Crippen molar-refractivity contribution in [3.63, 3.8) is 0 Å². The molecule has 114 valence electrons. The molecule has 1 aliphatic heterocycles. The van der Waals surface area contributed by atoms with Crippen LogP contribution in [-0.2, 0) is 11.2 Å². The number of halogens is 1. The van der Waals surface area contributed by atoms with Gasteiger partial charge in [0, 0.05) is 18.2 Å². The summed E-state index contributed by atoms with van der Waals surface area (Å²) in [5, 5.41) is 2.37. The minimum Gasteiger partial charge on any atom is -0.453 e. The maximum absolute atomic E-state index is 13.9. The molecule has 2 aromatic carbocycles. The van der Waals surface area contributed by atoms with Gasteiger partial charge in [-0.1, -0.05) is 24.3 Å². The van der Waals surface area contributed by atoms with Crippen molar-refractivity contribution < 1.29 is 18.7 Å². The topological polar surface area (TPSA) is 47.6 Å². The molecule has 1 heterocycles. The summed E-state index contributed by atoms with van der Waals surface area (Å²) in [6.45, 7) is 1.96. The number of hydrogen-bond acceptors (Lipinski definition) is 3. The molecule has 0 spiro atoms. The standard InChI is InChI=1S/C17H16FNO3/c1-10-5-3-4-6-13(10)14-9-12(18)7-11-8-15(21-16(11)14)22-17(20)19-2/h3-7,9,15H,8H2,1-2H3,(H,19,20). The van der Waals surface area contributed by atoms with Gasteiger partial charge in [-0.15, -0.1) is 0 Å². The summed E-state index contributed by atoms with van der Waals surface area (Å²) < 4.78 is 24.8. The summed E-state index contributed by atoms with van der Waals surface area (Å²) in [6, 6.07) is 10.6. The average Bonchev–Trinajstić information content (AvgIpc) is 2.89. The van der Waals surface area contributed by atoms with Gasteiger partial charge in [-0.05, 0) is 30.2 Å². The number of nitrogens with one attached hydrogen (secondary N) is 1. The van der Waals surface area contributed by atoms with Gasteiger partial charge in [-0.2, -0.15) is 0 Å². The van der Waals surface area contributed by atoms with Crippen molar-refractivity contribution in [2.45, 2.75) is 19.6 Å². The van der Waals surface area contributed by atoms with Crippen molar-refractivity contribution in [2.24, 2.45) is 0 Å². The molecule has 22 heavy (non-hydrogen) atoms. The smallest absolute Gasteiger partial charge is 0.409 e. The Morgan fingerprint density at radius 2 is 2.09 bits per heavy atom. The summed E-state index contributed by atoms with van der Waals surface area (Å²) in [5.41, 5.74) is 3.30. The largest absolute Gasteiger partial charge is 0.453 e. The normalized spacial score (nSPS) is 15.9. The highest BCUT2D eigenvalue weighted by Crippen LogP contribution is 2.40. The molecular weight excluding hydrogens is 285 g/mol. The maximum Gasteiger partial charge on any atom is 0.409 e. The quantitative estimate of drug-likeness (QED) is 0.924. The molecule has 5 heteroatoms. The molecule has 1 amide bonds. The Bertz CT molecular complexity index is 730. The highest BCUT2D eigenvalue weighted by molar-refractivity contribution is 5.75. The Balaban J connectivity index is 1.99. The average molecular weight is 301 g/mol. The minimum atomic E-state index is -0.737. The van der Waals surface area contributed by atoms with Crippen LogP contribution < -0.4 is 10.1 Å². The molecule has 2 aromatic rings. The maximum atomic E-state index is 13.9. The van der Waals surface area contributed by atoms with E-state index in [1.165, 1.54) is 19.2 Å². The fourth-order valence-corrected chi connectivity index (χ4v) is 2.61. The molecular formula is C17H16FNO3. The van der Waals surface area contributed by atoms with E-state index in [-0.39, 0.29) is 5.82 Å². The van der Waals surface area contributed by atoms with Crippen LogP contribution in [0.4, 0.5) is 9.18 Å². The summed E-state index contributed by atoms with van der Waals surface area (Å²) in [5.74, 6) is 0.241. The van der Waals surface area contributed by atoms with E-state index >= 15 is 0 Å². The van der Waals surface area contributed by atoms with E-state index in [9.17, 15) is 9.18 Å². The van der Waals surface area contributed by atoms with Crippen LogP contribution in [0.15, 0.2) is 36.4 Å².